The largest absolute Gasteiger partial charge is 0.462 e. The van der Waals surface area contributed by atoms with Crippen molar-refractivity contribution in [3.63, 3.8) is 0 Å². The molecule has 3 atom stereocenters. The topological polar surface area (TPSA) is 95.9 Å². The zero-order valence-electron chi connectivity index (χ0n) is 38.5. The van der Waals surface area contributed by atoms with Crippen LogP contribution >= 0.6 is 0 Å². The molecule has 340 valence electrons. The highest BCUT2D eigenvalue weighted by atomic mass is 16.5. The molecule has 0 aromatic heterocycles. The van der Waals surface area contributed by atoms with Crippen molar-refractivity contribution in [1.29, 1.82) is 0 Å². The fraction of sp³-hybridized carbons (Fsp3) is 0.630. The van der Waals surface area contributed by atoms with Crippen LogP contribution in [0.2, 0.25) is 0 Å². The van der Waals surface area contributed by atoms with Gasteiger partial charge in [-0.05, 0) is 70.6 Å². The van der Waals surface area contributed by atoms with E-state index in [-0.39, 0.29) is 31.3 Å². The molecular formula is C54H89NO5. The number of esters is 1. The number of carbonyl (C=O) groups excluding carboxylic acids is 2. The van der Waals surface area contributed by atoms with E-state index < -0.39 is 18.2 Å². The third-order valence-electron chi connectivity index (χ3n) is 10.2. The lowest BCUT2D eigenvalue weighted by molar-refractivity contribution is -0.151. The van der Waals surface area contributed by atoms with Crippen molar-refractivity contribution in [1.82, 2.24) is 5.32 Å². The summed E-state index contributed by atoms with van der Waals surface area (Å²) in [5.41, 5.74) is 0. The van der Waals surface area contributed by atoms with E-state index in [0.717, 1.165) is 70.6 Å². The summed E-state index contributed by atoms with van der Waals surface area (Å²) in [6, 6.07) is -0.740. The minimum absolute atomic E-state index is 0.00428. The number of ether oxygens (including phenoxy) is 1. The fourth-order valence-electron chi connectivity index (χ4n) is 6.63. The second-order valence-electron chi connectivity index (χ2n) is 15.9. The number of unbranched alkanes of at least 4 members (excludes halogenated alkanes) is 15. The number of hydrogen-bond donors (Lipinski definition) is 3. The van der Waals surface area contributed by atoms with E-state index in [9.17, 15) is 19.8 Å². The van der Waals surface area contributed by atoms with Crippen molar-refractivity contribution in [2.75, 3.05) is 6.61 Å². The molecule has 6 heteroatoms. The van der Waals surface area contributed by atoms with Gasteiger partial charge in [0.2, 0.25) is 5.91 Å². The van der Waals surface area contributed by atoms with Gasteiger partial charge in [0.25, 0.3) is 0 Å². The Morgan fingerprint density at radius 1 is 0.517 bits per heavy atom. The van der Waals surface area contributed by atoms with Crippen LogP contribution in [0.25, 0.3) is 0 Å². The van der Waals surface area contributed by atoms with Gasteiger partial charge in [0, 0.05) is 6.42 Å². The Bertz CT molecular complexity index is 1250. The molecule has 0 saturated heterocycles. The number of aliphatic hydroxyl groups is 2. The van der Waals surface area contributed by atoms with E-state index in [4.69, 9.17) is 4.74 Å². The first kappa shape index (κ1) is 56.5. The predicted molar refractivity (Wildman–Crippen MR) is 259 cm³/mol. The summed E-state index contributed by atoms with van der Waals surface area (Å²) in [5.74, 6) is -0.629. The molecule has 0 rings (SSSR count). The molecule has 0 aliphatic carbocycles. The standard InChI is InChI=1S/C54H89NO5/c1-4-7-10-13-16-19-22-25-28-30-33-36-39-42-45-50(60-54(59)47-44-41-38-35-32-27-24-21-18-15-12-9-6-3)48-53(58)55-51(49-56)52(57)46-43-40-37-34-31-29-26-23-20-17-14-11-8-5-2/h7,9-10,12,15-16,18-19,21,24-25,27-28,32-33,35-36,38,50-52,56-57H,4-6,8,11,13-14,17,20,22-23,26,29-31,34,37,39-49H2,1-3H3,(H,55,58)/b10-7+,12-9+,18-15+,19-16+,24-21-,28-25+,32-27-,36-33+,38-35+. The van der Waals surface area contributed by atoms with Crippen LogP contribution in [0, 0.1) is 0 Å². The first-order valence-electron chi connectivity index (χ1n) is 24.2. The summed E-state index contributed by atoms with van der Waals surface area (Å²) in [6.07, 6.45) is 63.0. The number of aliphatic hydroxyl groups excluding tert-OH is 2. The number of carbonyl (C=O) groups is 2. The van der Waals surface area contributed by atoms with E-state index in [1.54, 1.807) is 0 Å². The molecule has 3 unspecified atom stereocenters. The van der Waals surface area contributed by atoms with Crippen molar-refractivity contribution >= 4 is 11.9 Å². The van der Waals surface area contributed by atoms with E-state index in [1.165, 1.54) is 70.6 Å². The molecule has 0 aliphatic rings. The van der Waals surface area contributed by atoms with Crippen LogP contribution in [-0.4, -0.2) is 46.9 Å². The first-order chi connectivity index (χ1) is 29.5. The Morgan fingerprint density at radius 2 is 0.983 bits per heavy atom. The van der Waals surface area contributed by atoms with Crippen molar-refractivity contribution in [3.05, 3.63) is 109 Å². The number of allylic oxidation sites excluding steroid dienone is 18. The van der Waals surface area contributed by atoms with Crippen LogP contribution < -0.4 is 5.32 Å². The summed E-state index contributed by atoms with van der Waals surface area (Å²) in [4.78, 5) is 26.0. The molecule has 60 heavy (non-hydrogen) atoms. The maximum atomic E-state index is 13.2. The number of amides is 1. The van der Waals surface area contributed by atoms with Gasteiger partial charge in [-0.15, -0.1) is 0 Å². The third kappa shape index (κ3) is 41.3. The predicted octanol–water partition coefficient (Wildman–Crippen LogP) is 14.3. The van der Waals surface area contributed by atoms with Crippen LogP contribution in [0.4, 0.5) is 0 Å². The van der Waals surface area contributed by atoms with E-state index in [2.05, 4.69) is 80.8 Å². The Morgan fingerprint density at radius 3 is 1.52 bits per heavy atom. The van der Waals surface area contributed by atoms with Gasteiger partial charge < -0.3 is 20.3 Å². The monoisotopic (exact) mass is 832 g/mol. The van der Waals surface area contributed by atoms with Crippen molar-refractivity contribution in [3.8, 4) is 0 Å². The molecule has 6 nitrogen and oxygen atoms in total. The molecule has 3 N–H and O–H groups in total. The van der Waals surface area contributed by atoms with Gasteiger partial charge in [-0.25, -0.2) is 0 Å². The van der Waals surface area contributed by atoms with Crippen molar-refractivity contribution in [2.24, 2.45) is 0 Å². The highest BCUT2D eigenvalue weighted by Gasteiger charge is 2.23. The second-order valence-corrected chi connectivity index (χ2v) is 15.9. The summed E-state index contributed by atoms with van der Waals surface area (Å²) in [5, 5.41) is 23.7. The highest BCUT2D eigenvalue weighted by Crippen LogP contribution is 2.16. The zero-order chi connectivity index (χ0) is 43.8. The van der Waals surface area contributed by atoms with Gasteiger partial charge in [-0.3, -0.25) is 9.59 Å². The second kappa shape index (κ2) is 46.6. The van der Waals surface area contributed by atoms with Gasteiger partial charge in [0.1, 0.15) is 6.10 Å². The van der Waals surface area contributed by atoms with E-state index >= 15 is 0 Å². The molecule has 0 radical (unpaired) electrons. The molecule has 1 amide bonds. The minimum atomic E-state index is -0.820. The summed E-state index contributed by atoms with van der Waals surface area (Å²) >= 11 is 0. The quantitative estimate of drug-likeness (QED) is 0.0247. The summed E-state index contributed by atoms with van der Waals surface area (Å²) < 4.78 is 5.85. The Kier molecular flexibility index (Phi) is 43.9. The number of hydrogen-bond acceptors (Lipinski definition) is 5. The molecular weight excluding hydrogens is 743 g/mol. The van der Waals surface area contributed by atoms with Gasteiger partial charge in [-0.1, -0.05) is 220 Å². The van der Waals surface area contributed by atoms with Crippen molar-refractivity contribution < 1.29 is 24.5 Å². The van der Waals surface area contributed by atoms with Gasteiger partial charge in [0.05, 0.1) is 25.2 Å². The molecule has 0 aromatic rings. The normalized spacial score (nSPS) is 14.3. The molecule has 0 spiro atoms. The van der Waals surface area contributed by atoms with Crippen LogP contribution in [0.3, 0.4) is 0 Å². The van der Waals surface area contributed by atoms with E-state index in [0.29, 0.717) is 19.3 Å². The smallest absolute Gasteiger partial charge is 0.306 e. The summed E-state index contributed by atoms with van der Waals surface area (Å²) in [6.45, 7) is 6.17. The third-order valence-corrected chi connectivity index (χ3v) is 10.2. The number of nitrogens with one attached hydrogen (secondary N) is 1. The SMILES string of the molecule is CC/C=C/C=C/C=C\C=C/C=C/CCCC(=O)OC(CCC/C=C/C/C=C/C/C=C/C/C=C/CC)CC(=O)NC(CO)C(O)CCCCCCCCCCCCCCCC. The number of rotatable bonds is 41. The molecule has 0 aromatic carbocycles. The average molecular weight is 832 g/mol. The van der Waals surface area contributed by atoms with Gasteiger partial charge >= 0.3 is 5.97 Å². The Hall–Kier alpha value is -3.48. The van der Waals surface area contributed by atoms with Crippen LogP contribution in [-0.2, 0) is 14.3 Å². The van der Waals surface area contributed by atoms with E-state index in [1.807, 2.05) is 54.7 Å². The minimum Gasteiger partial charge on any atom is -0.462 e. The Balaban J connectivity index is 4.79. The molecule has 0 bridgehead atoms. The maximum Gasteiger partial charge on any atom is 0.306 e. The lowest BCUT2D eigenvalue weighted by Crippen LogP contribution is -2.46. The maximum absolute atomic E-state index is 13.2. The lowest BCUT2D eigenvalue weighted by Gasteiger charge is -2.24. The average Bonchev–Trinajstić information content (AvgIpc) is 3.24. The van der Waals surface area contributed by atoms with Crippen LogP contribution in [0.15, 0.2) is 109 Å². The molecule has 0 aliphatic heterocycles. The molecule has 0 saturated carbocycles. The highest BCUT2D eigenvalue weighted by molar-refractivity contribution is 5.77. The van der Waals surface area contributed by atoms with Gasteiger partial charge in [-0.2, -0.15) is 0 Å². The first-order valence-corrected chi connectivity index (χ1v) is 24.2. The molecule has 0 heterocycles. The zero-order valence-corrected chi connectivity index (χ0v) is 38.5. The van der Waals surface area contributed by atoms with Crippen molar-refractivity contribution in [2.45, 2.75) is 212 Å². The van der Waals surface area contributed by atoms with Crippen LogP contribution in [0.1, 0.15) is 194 Å². The molecule has 0 fully saturated rings. The fourth-order valence-corrected chi connectivity index (χ4v) is 6.63. The Labute approximate surface area is 368 Å². The summed E-state index contributed by atoms with van der Waals surface area (Å²) in [7, 11) is 0. The van der Waals surface area contributed by atoms with Gasteiger partial charge in [0.15, 0.2) is 0 Å². The van der Waals surface area contributed by atoms with Crippen LogP contribution in [0.5, 0.6) is 0 Å². The lowest BCUT2D eigenvalue weighted by atomic mass is 10.0.